The van der Waals surface area contributed by atoms with Gasteiger partial charge in [-0.2, -0.15) is 0 Å². The second kappa shape index (κ2) is 16.3. The number of benzene rings is 1. The molecular weight excluding hydrogens is 404 g/mol. The second-order valence-corrected chi connectivity index (χ2v) is 6.97. The van der Waals surface area contributed by atoms with Gasteiger partial charge in [-0.05, 0) is 60.5 Å². The maximum absolute atomic E-state index is 12.3. The van der Waals surface area contributed by atoms with E-state index in [-0.39, 0.29) is 5.75 Å². The number of allylic oxidation sites excluding steroid dienone is 1. The first-order valence-corrected chi connectivity index (χ1v) is 10.7. The molecule has 0 bridgehead atoms. The van der Waals surface area contributed by atoms with Crippen LogP contribution in [0.3, 0.4) is 0 Å². The van der Waals surface area contributed by atoms with Crippen LogP contribution >= 0.6 is 0 Å². The van der Waals surface area contributed by atoms with Gasteiger partial charge in [0.2, 0.25) is 0 Å². The van der Waals surface area contributed by atoms with Crippen LogP contribution in [0.1, 0.15) is 51.0 Å². The molecular formula is C27H32O5. The van der Waals surface area contributed by atoms with E-state index in [2.05, 4.69) is 37.2 Å². The molecule has 2 N–H and O–H groups in total. The minimum atomic E-state index is -0.950. The minimum absolute atomic E-state index is 0.0186. The number of aliphatic hydroxyl groups is 1. The molecule has 0 fully saturated rings. The van der Waals surface area contributed by atoms with Crippen LogP contribution in [0.15, 0.2) is 49.1 Å². The van der Waals surface area contributed by atoms with Gasteiger partial charge in [-0.15, -0.1) is 0 Å². The van der Waals surface area contributed by atoms with Crippen LogP contribution in [0.25, 0.3) is 6.08 Å². The molecule has 0 aliphatic heterocycles. The van der Waals surface area contributed by atoms with Crippen molar-refractivity contribution >= 4 is 12.0 Å². The van der Waals surface area contributed by atoms with Crippen molar-refractivity contribution in [2.75, 3.05) is 7.11 Å². The number of carbonyl (C=O) groups excluding carboxylic acids is 1. The predicted octanol–water partition coefficient (Wildman–Crippen LogP) is 4.80. The number of aliphatic hydroxyl groups excluding tert-OH is 1. The lowest BCUT2D eigenvalue weighted by Crippen LogP contribution is -2.12. The molecule has 0 aromatic heterocycles. The predicted molar refractivity (Wildman–Crippen MR) is 128 cm³/mol. The van der Waals surface area contributed by atoms with Crippen LogP contribution in [0.2, 0.25) is 0 Å². The summed E-state index contributed by atoms with van der Waals surface area (Å²) in [5.74, 6) is 10.2. The number of hydrogen-bond acceptors (Lipinski definition) is 5. The molecule has 0 saturated heterocycles. The summed E-state index contributed by atoms with van der Waals surface area (Å²) in [6.07, 6.45) is 12.9. The topological polar surface area (TPSA) is 76.0 Å². The Morgan fingerprint density at radius 2 is 1.94 bits per heavy atom. The van der Waals surface area contributed by atoms with E-state index < -0.39 is 18.2 Å². The number of phenols is 1. The third-order valence-electron chi connectivity index (χ3n) is 4.36. The van der Waals surface area contributed by atoms with Crippen LogP contribution in [0, 0.1) is 23.7 Å². The molecule has 0 heterocycles. The fourth-order valence-electron chi connectivity index (χ4n) is 2.61. The highest BCUT2D eigenvalue weighted by Crippen LogP contribution is 2.26. The summed E-state index contributed by atoms with van der Waals surface area (Å²) in [5.41, 5.74) is 0.672. The molecule has 5 nitrogen and oxygen atoms in total. The van der Waals surface area contributed by atoms with E-state index in [0.29, 0.717) is 11.3 Å². The zero-order chi connectivity index (χ0) is 23.6. The van der Waals surface area contributed by atoms with Crippen LogP contribution < -0.4 is 4.74 Å². The summed E-state index contributed by atoms with van der Waals surface area (Å²) in [4.78, 5) is 12.3. The molecule has 0 radical (unpaired) electrons. The number of methoxy groups -OCH3 is 1. The number of ether oxygens (including phenoxy) is 2. The molecule has 170 valence electrons. The van der Waals surface area contributed by atoms with Gasteiger partial charge in [0.1, 0.15) is 6.10 Å². The van der Waals surface area contributed by atoms with E-state index in [9.17, 15) is 15.0 Å². The summed E-state index contributed by atoms with van der Waals surface area (Å²) >= 11 is 0. The molecule has 2 atom stereocenters. The van der Waals surface area contributed by atoms with Gasteiger partial charge in [0.15, 0.2) is 17.6 Å². The van der Waals surface area contributed by atoms with Crippen molar-refractivity contribution in [3.63, 3.8) is 0 Å². The quantitative estimate of drug-likeness (QED) is 0.162. The number of unbranched alkanes of at least 4 members (excludes halogenated alkanes) is 5. The fraction of sp³-hybridized carbons (Fsp3) is 0.370. The van der Waals surface area contributed by atoms with E-state index >= 15 is 0 Å². The molecule has 0 aliphatic rings. The molecule has 0 unspecified atom stereocenters. The van der Waals surface area contributed by atoms with Crippen molar-refractivity contribution in [1.29, 1.82) is 0 Å². The van der Waals surface area contributed by atoms with E-state index in [0.717, 1.165) is 19.3 Å². The second-order valence-electron chi connectivity index (χ2n) is 6.97. The Kier molecular flexibility index (Phi) is 13.6. The highest BCUT2D eigenvalue weighted by atomic mass is 16.5. The van der Waals surface area contributed by atoms with Crippen molar-refractivity contribution in [3.8, 4) is 35.2 Å². The SMILES string of the molecule is C=C[C@@H](O)C#CC#C[C@@H](/C=C\CCCCCCC)OC(=O)/C=C/c1ccc(O)c(OC)c1. The summed E-state index contributed by atoms with van der Waals surface area (Å²) < 4.78 is 10.5. The van der Waals surface area contributed by atoms with Gasteiger partial charge < -0.3 is 19.7 Å². The Bertz CT molecular complexity index is 905. The number of hydrogen-bond donors (Lipinski definition) is 2. The van der Waals surface area contributed by atoms with Gasteiger partial charge in [-0.3, -0.25) is 0 Å². The molecule has 32 heavy (non-hydrogen) atoms. The normalized spacial score (nSPS) is 12.3. The molecule has 1 aromatic carbocycles. The molecule has 5 heteroatoms. The van der Waals surface area contributed by atoms with Gasteiger partial charge >= 0.3 is 5.97 Å². The zero-order valence-corrected chi connectivity index (χ0v) is 18.8. The van der Waals surface area contributed by atoms with Crippen LogP contribution in [-0.4, -0.2) is 35.5 Å². The summed E-state index contributed by atoms with van der Waals surface area (Å²) in [6.45, 7) is 5.62. The van der Waals surface area contributed by atoms with Crippen molar-refractivity contribution in [3.05, 3.63) is 54.6 Å². The first kappa shape index (κ1) is 26.6. The molecule has 1 aromatic rings. The smallest absolute Gasteiger partial charge is 0.332 e. The molecule has 0 amide bonds. The summed E-state index contributed by atoms with van der Waals surface area (Å²) in [5, 5.41) is 19.0. The average Bonchev–Trinajstić information content (AvgIpc) is 2.80. The third kappa shape index (κ3) is 11.7. The number of aromatic hydroxyl groups is 1. The largest absolute Gasteiger partial charge is 0.504 e. The number of phenolic OH excluding ortho intramolecular Hbond substituents is 1. The zero-order valence-electron chi connectivity index (χ0n) is 18.8. The maximum atomic E-state index is 12.3. The lowest BCUT2D eigenvalue weighted by Gasteiger charge is -2.06. The van der Waals surface area contributed by atoms with Gasteiger partial charge in [-0.25, -0.2) is 4.79 Å². The van der Waals surface area contributed by atoms with E-state index in [1.54, 1.807) is 24.3 Å². The summed E-state index contributed by atoms with van der Waals surface area (Å²) in [6, 6.07) is 4.74. The van der Waals surface area contributed by atoms with Crippen LogP contribution in [-0.2, 0) is 9.53 Å². The van der Waals surface area contributed by atoms with Crippen molar-refractivity contribution in [2.45, 2.75) is 57.7 Å². The first-order chi connectivity index (χ1) is 15.5. The van der Waals surface area contributed by atoms with Crippen molar-refractivity contribution in [1.82, 2.24) is 0 Å². The molecule has 0 saturated carbocycles. The lowest BCUT2D eigenvalue weighted by molar-refractivity contribution is -0.138. The van der Waals surface area contributed by atoms with Crippen molar-refractivity contribution < 1.29 is 24.5 Å². The highest BCUT2D eigenvalue weighted by molar-refractivity contribution is 5.87. The average molecular weight is 437 g/mol. The van der Waals surface area contributed by atoms with Gasteiger partial charge in [-0.1, -0.05) is 63.3 Å². The Labute approximate surface area is 191 Å². The maximum Gasteiger partial charge on any atom is 0.332 e. The van der Waals surface area contributed by atoms with Crippen LogP contribution in [0.4, 0.5) is 0 Å². The lowest BCUT2D eigenvalue weighted by atomic mass is 10.1. The first-order valence-electron chi connectivity index (χ1n) is 10.7. The van der Waals surface area contributed by atoms with Gasteiger partial charge in [0, 0.05) is 6.08 Å². The molecule has 0 aliphatic carbocycles. The van der Waals surface area contributed by atoms with E-state index in [1.165, 1.54) is 44.6 Å². The number of carbonyl (C=O) groups is 1. The van der Waals surface area contributed by atoms with Gasteiger partial charge in [0.05, 0.1) is 7.11 Å². The highest BCUT2D eigenvalue weighted by Gasteiger charge is 2.06. The fourth-order valence-corrected chi connectivity index (χ4v) is 2.61. The van der Waals surface area contributed by atoms with Crippen LogP contribution in [0.5, 0.6) is 11.5 Å². The Morgan fingerprint density at radius 1 is 1.19 bits per heavy atom. The molecule has 1 rings (SSSR count). The Morgan fingerprint density at radius 3 is 2.66 bits per heavy atom. The monoisotopic (exact) mass is 436 g/mol. The van der Waals surface area contributed by atoms with E-state index in [1.807, 2.05) is 6.08 Å². The van der Waals surface area contributed by atoms with E-state index in [4.69, 9.17) is 9.47 Å². The number of esters is 1. The third-order valence-corrected chi connectivity index (χ3v) is 4.36. The van der Waals surface area contributed by atoms with Gasteiger partial charge in [0.25, 0.3) is 0 Å². The van der Waals surface area contributed by atoms with Crippen molar-refractivity contribution in [2.24, 2.45) is 0 Å². The number of rotatable bonds is 12. The Hall–Kier alpha value is -3.41. The summed E-state index contributed by atoms with van der Waals surface area (Å²) in [7, 11) is 1.45. The Balaban J connectivity index is 2.77. The molecule has 0 spiro atoms. The minimum Gasteiger partial charge on any atom is -0.504 e. The standard InChI is InChI=1S/C27H32O5/c1-4-6-7-8-9-10-11-15-24(16-13-12-14-23(28)5-2)32-27(30)20-18-22-17-19-25(29)26(21-22)31-3/h5,11,15,17-21,23-24,28-29H,2,4,6-10H2,1,3H3/b15-11-,20-18+/t23-,24-/m1/s1.